The molecule has 2 aliphatic heterocycles. The van der Waals surface area contributed by atoms with Crippen molar-refractivity contribution in [1.82, 2.24) is 14.7 Å². The van der Waals surface area contributed by atoms with Crippen LogP contribution < -0.4 is 4.74 Å². The van der Waals surface area contributed by atoms with Crippen molar-refractivity contribution in [3.8, 4) is 5.75 Å². The van der Waals surface area contributed by atoms with Gasteiger partial charge >= 0.3 is 0 Å². The predicted molar refractivity (Wildman–Crippen MR) is 111 cm³/mol. The zero-order valence-corrected chi connectivity index (χ0v) is 17.1. The van der Waals surface area contributed by atoms with Gasteiger partial charge in [-0.3, -0.25) is 4.90 Å². The molecule has 26 heavy (non-hydrogen) atoms. The van der Waals surface area contributed by atoms with Gasteiger partial charge in [0.15, 0.2) is 6.73 Å². The van der Waals surface area contributed by atoms with E-state index in [1.54, 1.807) is 0 Å². The zero-order chi connectivity index (χ0) is 16.8. The number of likely N-dealkylation sites (N-methyl/N-ethyl adjacent to an activating group) is 1. The maximum Gasteiger partial charge on any atom is 0.161 e. The molecule has 2 heterocycles. The Morgan fingerprint density at radius 2 is 1.77 bits per heavy atom. The average Bonchev–Trinajstić information content (AvgIpc) is 3.01. The SMILES string of the molecule is CN1C=C(C=Cc2ccccc2OCCN2CCN(C)CC2)OC1.Cl.Cl. The third-order valence-corrected chi connectivity index (χ3v) is 4.39. The number of benzene rings is 1. The minimum Gasteiger partial charge on any atom is -0.492 e. The first kappa shape index (κ1) is 22.6. The highest BCUT2D eigenvalue weighted by molar-refractivity contribution is 5.85. The van der Waals surface area contributed by atoms with E-state index < -0.39 is 0 Å². The van der Waals surface area contributed by atoms with Crippen LogP contribution >= 0.6 is 24.8 Å². The number of piperazine rings is 1. The van der Waals surface area contributed by atoms with Crippen LogP contribution in [0, 0.1) is 0 Å². The monoisotopic (exact) mass is 401 g/mol. The van der Waals surface area contributed by atoms with Gasteiger partial charge in [0.1, 0.15) is 18.1 Å². The molecule has 0 amide bonds. The van der Waals surface area contributed by atoms with Crippen molar-refractivity contribution in [2.45, 2.75) is 0 Å². The van der Waals surface area contributed by atoms with E-state index in [1.165, 1.54) is 0 Å². The van der Waals surface area contributed by atoms with E-state index in [0.717, 1.165) is 56.4 Å². The Hall–Kier alpha value is -1.40. The van der Waals surface area contributed by atoms with E-state index in [2.05, 4.69) is 29.0 Å². The highest BCUT2D eigenvalue weighted by atomic mass is 35.5. The van der Waals surface area contributed by atoms with Crippen LogP contribution in [0.15, 0.2) is 42.3 Å². The lowest BCUT2D eigenvalue weighted by atomic mass is 10.2. The Bertz CT molecular complexity index is 602. The first-order chi connectivity index (χ1) is 11.7. The zero-order valence-electron chi connectivity index (χ0n) is 15.5. The molecule has 0 saturated carbocycles. The van der Waals surface area contributed by atoms with Crippen molar-refractivity contribution < 1.29 is 9.47 Å². The fourth-order valence-corrected chi connectivity index (χ4v) is 2.84. The van der Waals surface area contributed by atoms with Gasteiger partial charge in [-0.1, -0.05) is 18.2 Å². The number of para-hydroxylation sites is 1. The summed E-state index contributed by atoms with van der Waals surface area (Å²) >= 11 is 0. The van der Waals surface area contributed by atoms with Crippen molar-refractivity contribution in [3.05, 3.63) is 47.9 Å². The lowest BCUT2D eigenvalue weighted by molar-refractivity contribution is 0.133. The summed E-state index contributed by atoms with van der Waals surface area (Å²) in [5, 5.41) is 0. The Labute approximate surface area is 169 Å². The van der Waals surface area contributed by atoms with Gasteiger partial charge in [0.05, 0.1) is 0 Å². The molecule has 5 nitrogen and oxygen atoms in total. The molecule has 0 spiro atoms. The molecule has 0 bridgehead atoms. The summed E-state index contributed by atoms with van der Waals surface area (Å²) in [6, 6.07) is 8.14. The summed E-state index contributed by atoms with van der Waals surface area (Å²) in [6.07, 6.45) is 6.04. The molecule has 146 valence electrons. The summed E-state index contributed by atoms with van der Waals surface area (Å²) in [5.41, 5.74) is 1.08. The maximum absolute atomic E-state index is 6.03. The van der Waals surface area contributed by atoms with E-state index >= 15 is 0 Å². The first-order valence-corrected chi connectivity index (χ1v) is 8.56. The smallest absolute Gasteiger partial charge is 0.161 e. The van der Waals surface area contributed by atoms with Crippen molar-refractivity contribution in [1.29, 1.82) is 0 Å². The Kier molecular flexibility index (Phi) is 9.88. The van der Waals surface area contributed by atoms with Crippen molar-refractivity contribution >= 4 is 30.9 Å². The Balaban J connectivity index is 0.00000169. The van der Waals surface area contributed by atoms with E-state index in [0.29, 0.717) is 6.73 Å². The van der Waals surface area contributed by atoms with Crippen LogP contribution in [-0.4, -0.2) is 74.9 Å². The quantitative estimate of drug-likeness (QED) is 0.730. The Morgan fingerprint density at radius 1 is 1.04 bits per heavy atom. The molecule has 1 aromatic rings. The van der Waals surface area contributed by atoms with Crippen molar-refractivity contribution in [2.75, 3.05) is 60.2 Å². The van der Waals surface area contributed by atoms with E-state index in [1.807, 2.05) is 42.4 Å². The normalized spacial score (nSPS) is 18.1. The maximum atomic E-state index is 6.03. The fourth-order valence-electron chi connectivity index (χ4n) is 2.84. The van der Waals surface area contributed by atoms with Gasteiger partial charge in [0, 0.05) is 51.5 Å². The third-order valence-electron chi connectivity index (χ3n) is 4.39. The first-order valence-electron chi connectivity index (χ1n) is 8.56. The minimum absolute atomic E-state index is 0. The number of hydrogen-bond acceptors (Lipinski definition) is 5. The van der Waals surface area contributed by atoms with Gasteiger partial charge in [-0.05, 0) is 25.3 Å². The topological polar surface area (TPSA) is 28.2 Å². The van der Waals surface area contributed by atoms with E-state index in [4.69, 9.17) is 9.47 Å². The molecule has 0 aromatic heterocycles. The van der Waals surface area contributed by atoms with Crippen LogP contribution in [0.4, 0.5) is 0 Å². The molecular formula is C19H29Cl2N3O2. The van der Waals surface area contributed by atoms with E-state index in [9.17, 15) is 0 Å². The van der Waals surface area contributed by atoms with Crippen LogP contribution in [-0.2, 0) is 4.74 Å². The number of nitrogens with zero attached hydrogens (tertiary/aromatic N) is 3. The van der Waals surface area contributed by atoms with Crippen LogP contribution in [0.5, 0.6) is 5.75 Å². The summed E-state index contributed by atoms with van der Waals surface area (Å²) in [6.45, 7) is 6.84. The van der Waals surface area contributed by atoms with Crippen LogP contribution in [0.25, 0.3) is 6.08 Å². The molecule has 7 heteroatoms. The minimum atomic E-state index is 0. The van der Waals surface area contributed by atoms with Gasteiger partial charge < -0.3 is 19.3 Å². The molecule has 0 unspecified atom stereocenters. The van der Waals surface area contributed by atoms with Crippen LogP contribution in [0.3, 0.4) is 0 Å². The average molecular weight is 402 g/mol. The summed E-state index contributed by atoms with van der Waals surface area (Å²) in [7, 11) is 4.17. The summed E-state index contributed by atoms with van der Waals surface area (Å²) in [4.78, 5) is 6.85. The number of halogens is 2. The second kappa shape index (κ2) is 11.3. The van der Waals surface area contributed by atoms with Crippen molar-refractivity contribution in [3.63, 3.8) is 0 Å². The second-order valence-electron chi connectivity index (χ2n) is 6.43. The van der Waals surface area contributed by atoms with Gasteiger partial charge in [0.25, 0.3) is 0 Å². The largest absolute Gasteiger partial charge is 0.492 e. The number of allylic oxidation sites excluding steroid dienone is 1. The van der Waals surface area contributed by atoms with Gasteiger partial charge in [-0.15, -0.1) is 24.8 Å². The van der Waals surface area contributed by atoms with Gasteiger partial charge in [-0.2, -0.15) is 0 Å². The number of rotatable bonds is 6. The lowest BCUT2D eigenvalue weighted by Gasteiger charge is -2.32. The van der Waals surface area contributed by atoms with Crippen LogP contribution in [0.1, 0.15) is 5.56 Å². The molecule has 0 atom stereocenters. The number of hydrogen-bond donors (Lipinski definition) is 0. The summed E-state index contributed by atoms with van der Waals surface area (Å²) < 4.78 is 11.6. The van der Waals surface area contributed by atoms with Gasteiger partial charge in [-0.25, -0.2) is 0 Å². The molecule has 2 aliphatic rings. The second-order valence-corrected chi connectivity index (χ2v) is 6.43. The standard InChI is InChI=1S/C19H27N3O2.2ClH/c1-20-9-11-22(12-10-20)13-14-23-19-6-4-3-5-17(19)7-8-18-15-21(2)16-24-18;;/h3-8,15H,9-14,16H2,1-2H3;2*1H. The molecule has 1 saturated heterocycles. The third kappa shape index (κ3) is 6.72. The molecule has 1 fully saturated rings. The van der Waals surface area contributed by atoms with Crippen molar-refractivity contribution in [2.24, 2.45) is 0 Å². The Morgan fingerprint density at radius 3 is 2.46 bits per heavy atom. The van der Waals surface area contributed by atoms with E-state index in [-0.39, 0.29) is 24.8 Å². The molecular weight excluding hydrogens is 373 g/mol. The number of ether oxygens (including phenoxy) is 2. The molecule has 1 aromatic carbocycles. The molecule has 0 aliphatic carbocycles. The predicted octanol–water partition coefficient (Wildman–Crippen LogP) is 2.93. The molecule has 0 N–H and O–H groups in total. The van der Waals surface area contributed by atoms with Crippen LogP contribution in [0.2, 0.25) is 0 Å². The highest BCUT2D eigenvalue weighted by Crippen LogP contribution is 2.21. The highest BCUT2D eigenvalue weighted by Gasteiger charge is 2.13. The fraction of sp³-hybridized carbons (Fsp3) is 0.474. The van der Waals surface area contributed by atoms with Gasteiger partial charge in [0.2, 0.25) is 0 Å². The molecule has 0 radical (unpaired) electrons. The lowest BCUT2D eigenvalue weighted by Crippen LogP contribution is -2.45. The summed E-state index contributed by atoms with van der Waals surface area (Å²) in [5.74, 6) is 1.81. The molecule has 3 rings (SSSR count).